The van der Waals surface area contributed by atoms with Gasteiger partial charge < -0.3 is 29.4 Å². The summed E-state index contributed by atoms with van der Waals surface area (Å²) in [5, 5.41) is 13.6. The highest BCUT2D eigenvalue weighted by Crippen LogP contribution is 2.27. The van der Waals surface area contributed by atoms with E-state index in [1.807, 2.05) is 66.7 Å². The molecule has 194 valence electrons. The zero-order chi connectivity index (χ0) is 26.0. The molecule has 1 aliphatic rings. The van der Waals surface area contributed by atoms with Crippen molar-refractivity contribution in [2.75, 3.05) is 6.61 Å². The van der Waals surface area contributed by atoms with Gasteiger partial charge in [0.25, 0.3) is 0 Å². The second-order valence-corrected chi connectivity index (χ2v) is 8.78. The minimum atomic E-state index is -1.40. The van der Waals surface area contributed by atoms with E-state index in [9.17, 15) is 14.7 Å². The van der Waals surface area contributed by atoms with Crippen LogP contribution in [0.25, 0.3) is 0 Å². The van der Waals surface area contributed by atoms with Gasteiger partial charge in [0.05, 0.1) is 18.8 Å². The summed E-state index contributed by atoms with van der Waals surface area (Å²) in [6.07, 6.45) is -3.82. The topological polar surface area (TPSA) is 103 Å². The molecule has 1 fully saturated rings. The molecule has 0 bridgehead atoms. The van der Waals surface area contributed by atoms with E-state index in [0.717, 1.165) is 11.1 Å². The van der Waals surface area contributed by atoms with E-state index in [-0.39, 0.29) is 25.7 Å². The smallest absolute Gasteiger partial charge is 0.338 e. The van der Waals surface area contributed by atoms with Crippen molar-refractivity contribution >= 4 is 11.9 Å². The van der Waals surface area contributed by atoms with E-state index in [4.69, 9.17) is 18.9 Å². The monoisotopic (exact) mass is 505 g/mol. The molecule has 0 spiro atoms. The third kappa shape index (κ3) is 7.47. The molecule has 0 unspecified atom stereocenters. The predicted octanol–water partition coefficient (Wildman–Crippen LogP) is 3.24. The van der Waals surface area contributed by atoms with Crippen molar-refractivity contribution in [2.24, 2.45) is 0 Å². The van der Waals surface area contributed by atoms with Crippen LogP contribution in [0.2, 0.25) is 0 Å². The molecule has 37 heavy (non-hydrogen) atoms. The molecule has 2 N–H and O–H groups in total. The highest BCUT2D eigenvalue weighted by atomic mass is 16.7. The molecule has 0 aliphatic carbocycles. The summed E-state index contributed by atoms with van der Waals surface area (Å²) in [7, 11) is 0. The summed E-state index contributed by atoms with van der Waals surface area (Å²) in [6, 6.07) is 26.8. The highest BCUT2D eigenvalue weighted by molar-refractivity contribution is 5.89. The van der Waals surface area contributed by atoms with E-state index in [1.54, 1.807) is 24.3 Å². The van der Waals surface area contributed by atoms with Gasteiger partial charge in [0.15, 0.2) is 6.29 Å². The average Bonchev–Trinajstić information content (AvgIpc) is 2.92. The Morgan fingerprint density at radius 3 is 1.86 bits per heavy atom. The van der Waals surface area contributed by atoms with Gasteiger partial charge in [0.2, 0.25) is 5.91 Å². The number of hydrogen-bond donors (Lipinski definition) is 2. The molecule has 1 saturated heterocycles. The van der Waals surface area contributed by atoms with Crippen LogP contribution in [0.4, 0.5) is 0 Å². The first-order valence-corrected chi connectivity index (χ1v) is 12.1. The molecule has 8 heteroatoms. The standard InChI is InChI=1S/C29H31NO7/c1-20(31)30-25-27(35-18-22-13-7-3-8-14-22)26(34-17-21-11-5-2-6-12-21)24(37-29(25)33)19-36-28(32)23-15-9-4-10-16-23/h2-16,24-27,29,33H,17-19H2,1H3,(H,30,31)/t24-,25-,26-,27-,29+/m1/s1. The zero-order valence-corrected chi connectivity index (χ0v) is 20.6. The van der Waals surface area contributed by atoms with Gasteiger partial charge in [-0.05, 0) is 23.3 Å². The summed E-state index contributed by atoms with van der Waals surface area (Å²) in [5.41, 5.74) is 2.24. The Labute approximate surface area is 216 Å². The van der Waals surface area contributed by atoms with Crippen molar-refractivity contribution in [3.05, 3.63) is 108 Å². The van der Waals surface area contributed by atoms with Crippen molar-refractivity contribution in [3.8, 4) is 0 Å². The van der Waals surface area contributed by atoms with Crippen LogP contribution >= 0.6 is 0 Å². The molecule has 1 heterocycles. The Morgan fingerprint density at radius 1 is 0.811 bits per heavy atom. The Kier molecular flexibility index (Phi) is 9.40. The number of benzene rings is 3. The van der Waals surface area contributed by atoms with Crippen LogP contribution in [0.3, 0.4) is 0 Å². The number of amides is 1. The van der Waals surface area contributed by atoms with Gasteiger partial charge in [-0.25, -0.2) is 4.79 Å². The Balaban J connectivity index is 1.56. The molecule has 3 aromatic rings. The summed E-state index contributed by atoms with van der Waals surface area (Å²) in [5.74, 6) is -0.872. The van der Waals surface area contributed by atoms with Crippen LogP contribution < -0.4 is 5.32 Å². The minimum Gasteiger partial charge on any atom is -0.459 e. The molecule has 0 radical (unpaired) electrons. The molecule has 8 nitrogen and oxygen atoms in total. The van der Waals surface area contributed by atoms with Gasteiger partial charge in [-0.15, -0.1) is 0 Å². The van der Waals surface area contributed by atoms with Gasteiger partial charge in [0.1, 0.15) is 31.0 Å². The summed E-state index contributed by atoms with van der Waals surface area (Å²) in [6.45, 7) is 1.62. The van der Waals surface area contributed by atoms with Gasteiger partial charge >= 0.3 is 5.97 Å². The first kappa shape index (κ1) is 26.5. The summed E-state index contributed by atoms with van der Waals surface area (Å²) >= 11 is 0. The summed E-state index contributed by atoms with van der Waals surface area (Å²) < 4.78 is 23.9. The van der Waals surface area contributed by atoms with Crippen molar-refractivity contribution in [1.29, 1.82) is 0 Å². The molecule has 5 atom stereocenters. The number of nitrogens with one attached hydrogen (secondary N) is 1. The lowest BCUT2D eigenvalue weighted by Gasteiger charge is -2.44. The van der Waals surface area contributed by atoms with Crippen molar-refractivity contribution in [3.63, 3.8) is 0 Å². The first-order chi connectivity index (χ1) is 18.0. The quantitative estimate of drug-likeness (QED) is 0.408. The third-order valence-corrected chi connectivity index (χ3v) is 5.99. The van der Waals surface area contributed by atoms with E-state index in [0.29, 0.717) is 5.56 Å². The molecule has 1 aliphatic heterocycles. The molecule has 4 rings (SSSR count). The third-order valence-electron chi connectivity index (χ3n) is 5.99. The van der Waals surface area contributed by atoms with E-state index >= 15 is 0 Å². The molecular formula is C29H31NO7. The lowest BCUT2D eigenvalue weighted by molar-refractivity contribution is -0.274. The van der Waals surface area contributed by atoms with Crippen LogP contribution in [-0.4, -0.2) is 54.2 Å². The van der Waals surface area contributed by atoms with Crippen LogP contribution in [-0.2, 0) is 37.0 Å². The second-order valence-electron chi connectivity index (χ2n) is 8.78. The first-order valence-electron chi connectivity index (χ1n) is 12.1. The average molecular weight is 506 g/mol. The fraction of sp³-hybridized carbons (Fsp3) is 0.310. The van der Waals surface area contributed by atoms with E-state index in [2.05, 4.69) is 5.32 Å². The fourth-order valence-electron chi connectivity index (χ4n) is 4.19. The Hall–Kier alpha value is -3.56. The van der Waals surface area contributed by atoms with Gasteiger partial charge in [-0.2, -0.15) is 0 Å². The van der Waals surface area contributed by atoms with Gasteiger partial charge in [-0.3, -0.25) is 4.79 Å². The molecule has 1 amide bonds. The van der Waals surface area contributed by atoms with Gasteiger partial charge in [-0.1, -0.05) is 78.9 Å². The van der Waals surface area contributed by atoms with E-state index in [1.165, 1.54) is 6.92 Å². The normalized spacial score (nSPS) is 23.2. The maximum atomic E-state index is 12.6. The number of aliphatic hydroxyl groups excluding tert-OH is 1. The van der Waals surface area contributed by atoms with Crippen molar-refractivity contribution in [2.45, 2.75) is 50.8 Å². The van der Waals surface area contributed by atoms with Crippen LogP contribution in [0.1, 0.15) is 28.4 Å². The number of ether oxygens (including phenoxy) is 4. The number of rotatable bonds is 10. The van der Waals surface area contributed by atoms with Crippen LogP contribution in [0, 0.1) is 0 Å². The predicted molar refractivity (Wildman–Crippen MR) is 135 cm³/mol. The molecular weight excluding hydrogens is 474 g/mol. The lowest BCUT2D eigenvalue weighted by Crippen LogP contribution is -2.65. The molecule has 0 saturated carbocycles. The van der Waals surface area contributed by atoms with Crippen molar-refractivity contribution < 1.29 is 33.6 Å². The fourth-order valence-corrected chi connectivity index (χ4v) is 4.19. The Bertz CT molecular complexity index is 1130. The molecule has 3 aromatic carbocycles. The highest BCUT2D eigenvalue weighted by Gasteiger charge is 2.48. The maximum Gasteiger partial charge on any atom is 0.338 e. The van der Waals surface area contributed by atoms with Crippen molar-refractivity contribution in [1.82, 2.24) is 5.32 Å². The number of carbonyl (C=O) groups is 2. The zero-order valence-electron chi connectivity index (χ0n) is 20.6. The largest absolute Gasteiger partial charge is 0.459 e. The maximum absolute atomic E-state index is 12.6. The minimum absolute atomic E-state index is 0.178. The number of aliphatic hydroxyl groups is 1. The van der Waals surface area contributed by atoms with E-state index < -0.39 is 36.6 Å². The number of hydrogen-bond acceptors (Lipinski definition) is 7. The SMILES string of the molecule is CC(=O)N[C@@H]1[C@@H](OCc2ccccc2)[C@H](OCc2ccccc2)[C@@H](COC(=O)c2ccccc2)O[C@@H]1O. The second kappa shape index (κ2) is 13.1. The number of esters is 1. The Morgan fingerprint density at radius 2 is 1.32 bits per heavy atom. The van der Waals surface area contributed by atoms with Gasteiger partial charge in [0, 0.05) is 6.92 Å². The summed E-state index contributed by atoms with van der Waals surface area (Å²) in [4.78, 5) is 24.6. The van der Waals surface area contributed by atoms with Crippen LogP contribution in [0.5, 0.6) is 0 Å². The molecule has 0 aromatic heterocycles. The number of carbonyl (C=O) groups excluding carboxylic acids is 2. The lowest BCUT2D eigenvalue weighted by atomic mass is 9.96. The van der Waals surface area contributed by atoms with Crippen LogP contribution in [0.15, 0.2) is 91.0 Å².